The summed E-state index contributed by atoms with van der Waals surface area (Å²) in [5, 5.41) is 0. The SMILES string of the molecule is CN(CCC1CCCC1)c1ccnc(CN)n1. The first-order valence-corrected chi connectivity index (χ1v) is 6.52. The maximum Gasteiger partial charge on any atom is 0.144 e. The smallest absolute Gasteiger partial charge is 0.144 e. The molecule has 17 heavy (non-hydrogen) atoms. The van der Waals surface area contributed by atoms with Crippen molar-refractivity contribution in [3.8, 4) is 0 Å². The highest BCUT2D eigenvalue weighted by Crippen LogP contribution is 2.27. The van der Waals surface area contributed by atoms with Gasteiger partial charge in [0, 0.05) is 19.8 Å². The number of hydrogen-bond acceptors (Lipinski definition) is 4. The fraction of sp³-hybridized carbons (Fsp3) is 0.692. The molecule has 0 spiro atoms. The molecule has 1 aliphatic rings. The molecule has 1 aliphatic carbocycles. The van der Waals surface area contributed by atoms with Crippen LogP contribution in [0, 0.1) is 5.92 Å². The summed E-state index contributed by atoms with van der Waals surface area (Å²) in [5.74, 6) is 2.63. The Kier molecular flexibility index (Phi) is 4.31. The monoisotopic (exact) mass is 234 g/mol. The molecule has 1 heterocycles. The van der Waals surface area contributed by atoms with Crippen LogP contribution in [0.2, 0.25) is 0 Å². The highest BCUT2D eigenvalue weighted by molar-refractivity contribution is 5.35. The van der Waals surface area contributed by atoms with E-state index in [-0.39, 0.29) is 0 Å². The summed E-state index contributed by atoms with van der Waals surface area (Å²) in [6.45, 7) is 1.48. The lowest BCUT2D eigenvalue weighted by Crippen LogP contribution is -2.22. The maximum atomic E-state index is 5.55. The summed E-state index contributed by atoms with van der Waals surface area (Å²) < 4.78 is 0. The zero-order valence-corrected chi connectivity index (χ0v) is 10.6. The van der Waals surface area contributed by atoms with Crippen molar-refractivity contribution in [1.82, 2.24) is 9.97 Å². The number of rotatable bonds is 5. The van der Waals surface area contributed by atoms with E-state index in [0.717, 1.165) is 24.1 Å². The molecule has 1 saturated carbocycles. The van der Waals surface area contributed by atoms with Gasteiger partial charge in [-0.15, -0.1) is 0 Å². The van der Waals surface area contributed by atoms with E-state index in [0.29, 0.717) is 6.54 Å². The van der Waals surface area contributed by atoms with Crippen molar-refractivity contribution in [1.29, 1.82) is 0 Å². The summed E-state index contributed by atoms with van der Waals surface area (Å²) in [5.41, 5.74) is 5.55. The Morgan fingerprint density at radius 1 is 1.41 bits per heavy atom. The summed E-state index contributed by atoms with van der Waals surface area (Å²) in [6.07, 6.45) is 8.71. The largest absolute Gasteiger partial charge is 0.360 e. The standard InChI is InChI=1S/C13H22N4/c1-17(9-7-11-4-2-3-5-11)13-6-8-15-12(10-14)16-13/h6,8,11H,2-5,7,9-10,14H2,1H3. The second kappa shape index (κ2) is 5.96. The van der Waals surface area contributed by atoms with Crippen LogP contribution in [0.5, 0.6) is 0 Å². The van der Waals surface area contributed by atoms with Crippen LogP contribution in [0.15, 0.2) is 12.3 Å². The summed E-state index contributed by atoms with van der Waals surface area (Å²) in [7, 11) is 2.09. The average Bonchev–Trinajstić information content (AvgIpc) is 2.89. The van der Waals surface area contributed by atoms with Crippen LogP contribution in [-0.4, -0.2) is 23.6 Å². The zero-order chi connectivity index (χ0) is 12.1. The van der Waals surface area contributed by atoms with Crippen LogP contribution in [0.3, 0.4) is 0 Å². The minimum Gasteiger partial charge on any atom is -0.360 e. The second-order valence-corrected chi connectivity index (χ2v) is 4.90. The third-order valence-corrected chi connectivity index (χ3v) is 3.61. The van der Waals surface area contributed by atoms with Gasteiger partial charge in [-0.3, -0.25) is 0 Å². The molecule has 0 aliphatic heterocycles. The molecular formula is C13H22N4. The van der Waals surface area contributed by atoms with Gasteiger partial charge in [-0.25, -0.2) is 9.97 Å². The molecule has 0 bridgehead atoms. The van der Waals surface area contributed by atoms with Gasteiger partial charge in [-0.1, -0.05) is 25.7 Å². The van der Waals surface area contributed by atoms with Crippen molar-refractivity contribution in [3.63, 3.8) is 0 Å². The Morgan fingerprint density at radius 2 is 2.18 bits per heavy atom. The Bertz CT molecular complexity index is 347. The first kappa shape index (κ1) is 12.3. The first-order chi connectivity index (χ1) is 8.29. The molecule has 0 amide bonds. The van der Waals surface area contributed by atoms with Gasteiger partial charge in [0.2, 0.25) is 0 Å². The number of hydrogen-bond donors (Lipinski definition) is 1. The van der Waals surface area contributed by atoms with Crippen molar-refractivity contribution in [3.05, 3.63) is 18.1 Å². The van der Waals surface area contributed by atoms with Gasteiger partial charge >= 0.3 is 0 Å². The molecule has 1 fully saturated rings. The maximum absolute atomic E-state index is 5.55. The second-order valence-electron chi connectivity index (χ2n) is 4.90. The van der Waals surface area contributed by atoms with Crippen LogP contribution in [-0.2, 0) is 6.54 Å². The van der Waals surface area contributed by atoms with Gasteiger partial charge < -0.3 is 10.6 Å². The molecule has 94 valence electrons. The predicted molar refractivity (Wildman–Crippen MR) is 69.8 cm³/mol. The highest BCUT2D eigenvalue weighted by atomic mass is 15.2. The van der Waals surface area contributed by atoms with E-state index >= 15 is 0 Å². The van der Waals surface area contributed by atoms with E-state index in [1.54, 1.807) is 6.20 Å². The van der Waals surface area contributed by atoms with Gasteiger partial charge in [0.1, 0.15) is 11.6 Å². The van der Waals surface area contributed by atoms with Gasteiger partial charge in [-0.05, 0) is 18.4 Å². The molecule has 0 atom stereocenters. The van der Waals surface area contributed by atoms with Crippen molar-refractivity contribution in [2.45, 2.75) is 38.6 Å². The zero-order valence-electron chi connectivity index (χ0n) is 10.6. The highest BCUT2D eigenvalue weighted by Gasteiger charge is 2.15. The number of aromatic nitrogens is 2. The average molecular weight is 234 g/mol. The van der Waals surface area contributed by atoms with Crippen LogP contribution >= 0.6 is 0 Å². The van der Waals surface area contributed by atoms with Crippen molar-refractivity contribution >= 4 is 5.82 Å². The summed E-state index contributed by atoms with van der Waals surface area (Å²) in [4.78, 5) is 10.7. The van der Waals surface area contributed by atoms with Gasteiger partial charge in [0.05, 0.1) is 6.54 Å². The van der Waals surface area contributed by atoms with Crippen molar-refractivity contribution in [2.75, 3.05) is 18.5 Å². The van der Waals surface area contributed by atoms with Gasteiger partial charge in [0.15, 0.2) is 0 Å². The molecule has 0 unspecified atom stereocenters. The molecule has 0 saturated heterocycles. The minimum atomic E-state index is 0.407. The molecule has 2 N–H and O–H groups in total. The molecule has 2 rings (SSSR count). The number of nitrogens with zero attached hydrogens (tertiary/aromatic N) is 3. The Balaban J connectivity index is 1.87. The molecular weight excluding hydrogens is 212 g/mol. The number of nitrogens with two attached hydrogens (primary N) is 1. The predicted octanol–water partition coefficient (Wildman–Crippen LogP) is 1.95. The molecule has 0 aromatic carbocycles. The molecule has 1 aromatic heterocycles. The first-order valence-electron chi connectivity index (χ1n) is 6.52. The molecule has 4 heteroatoms. The van der Waals surface area contributed by atoms with E-state index < -0.39 is 0 Å². The molecule has 1 aromatic rings. The van der Waals surface area contributed by atoms with Crippen LogP contribution < -0.4 is 10.6 Å². The van der Waals surface area contributed by atoms with E-state index in [2.05, 4.69) is 21.9 Å². The third kappa shape index (κ3) is 3.40. The van der Waals surface area contributed by atoms with Crippen molar-refractivity contribution in [2.24, 2.45) is 11.7 Å². The van der Waals surface area contributed by atoms with Crippen LogP contribution in [0.1, 0.15) is 37.9 Å². The fourth-order valence-corrected chi connectivity index (χ4v) is 2.49. The van der Waals surface area contributed by atoms with Crippen molar-refractivity contribution < 1.29 is 0 Å². The Labute approximate surface area is 103 Å². The van der Waals surface area contributed by atoms with Gasteiger partial charge in [-0.2, -0.15) is 0 Å². The van der Waals surface area contributed by atoms with Crippen LogP contribution in [0.25, 0.3) is 0 Å². The lowest BCUT2D eigenvalue weighted by Gasteiger charge is -2.20. The topological polar surface area (TPSA) is 55.0 Å². The summed E-state index contributed by atoms with van der Waals surface area (Å²) >= 11 is 0. The lowest BCUT2D eigenvalue weighted by molar-refractivity contribution is 0.504. The molecule has 4 nitrogen and oxygen atoms in total. The normalized spacial score (nSPS) is 16.4. The third-order valence-electron chi connectivity index (χ3n) is 3.61. The fourth-order valence-electron chi connectivity index (χ4n) is 2.49. The van der Waals surface area contributed by atoms with E-state index in [4.69, 9.17) is 5.73 Å². The quantitative estimate of drug-likeness (QED) is 0.846. The van der Waals surface area contributed by atoms with E-state index in [9.17, 15) is 0 Å². The van der Waals surface area contributed by atoms with E-state index in [1.807, 2.05) is 6.07 Å². The summed E-state index contributed by atoms with van der Waals surface area (Å²) in [6, 6.07) is 1.95. The minimum absolute atomic E-state index is 0.407. The number of anilines is 1. The lowest BCUT2D eigenvalue weighted by atomic mass is 10.0. The van der Waals surface area contributed by atoms with Crippen LogP contribution in [0.4, 0.5) is 5.82 Å². The Morgan fingerprint density at radius 3 is 2.88 bits per heavy atom. The molecule has 0 radical (unpaired) electrons. The Hall–Kier alpha value is -1.16. The van der Waals surface area contributed by atoms with Gasteiger partial charge in [0.25, 0.3) is 0 Å². The van der Waals surface area contributed by atoms with E-state index in [1.165, 1.54) is 32.1 Å².